The molecule has 3 aromatic rings. The molecule has 0 radical (unpaired) electrons. The lowest BCUT2D eigenvalue weighted by atomic mass is 9.45. The molecule has 2 saturated carbocycles. The number of carbonyl (C=O) groups excluding carboxylic acids is 4. The molecule has 1 N–H and O–H groups in total. The second-order valence-corrected chi connectivity index (χ2v) is 13.6. The van der Waals surface area contributed by atoms with Gasteiger partial charge in [-0.1, -0.05) is 91.6 Å². The molecule has 8 rings (SSSR count). The largest absolute Gasteiger partial charge is 0.463 e. The predicted molar refractivity (Wildman–Crippen MR) is 170 cm³/mol. The van der Waals surface area contributed by atoms with Gasteiger partial charge in [-0.05, 0) is 60.9 Å². The Morgan fingerprint density at radius 1 is 0.826 bits per heavy atom. The van der Waals surface area contributed by atoms with Crippen molar-refractivity contribution in [1.29, 1.82) is 0 Å². The molecule has 2 heterocycles. The molecule has 1 saturated heterocycles. The van der Waals surface area contributed by atoms with E-state index < -0.39 is 35.0 Å². The maximum Gasteiger partial charge on any atom is 0.233 e. The highest BCUT2D eigenvalue weighted by molar-refractivity contribution is 6.31. The second-order valence-electron chi connectivity index (χ2n) is 13.6. The number of fused-ring (bicyclic) bond motifs is 4. The van der Waals surface area contributed by atoms with Gasteiger partial charge in [-0.2, -0.15) is 0 Å². The Labute approximate surface area is 268 Å². The van der Waals surface area contributed by atoms with E-state index in [2.05, 4.69) is 6.08 Å². The number of amides is 2. The van der Waals surface area contributed by atoms with Crippen LogP contribution in [0.3, 0.4) is 0 Å². The number of benzene rings is 2. The first-order chi connectivity index (χ1) is 22.4. The third-order valence-corrected chi connectivity index (χ3v) is 11.5. The molecule has 6 atom stereocenters. The Kier molecular flexibility index (Phi) is 7.05. The molecule has 4 aliphatic carbocycles. The number of aliphatic hydroxyl groups excluding tert-OH is 1. The number of ketones is 2. The molecular formula is C39H37NO6. The van der Waals surface area contributed by atoms with Crippen LogP contribution in [-0.2, 0) is 31.2 Å². The number of carbonyl (C=O) groups is 4. The van der Waals surface area contributed by atoms with E-state index in [1.165, 1.54) is 6.08 Å². The van der Waals surface area contributed by atoms with Crippen LogP contribution in [-0.4, -0.2) is 39.4 Å². The summed E-state index contributed by atoms with van der Waals surface area (Å²) in [6, 6.07) is 22.1. The lowest BCUT2D eigenvalue weighted by Crippen LogP contribution is -2.58. The van der Waals surface area contributed by atoms with Crippen LogP contribution in [0.25, 0.3) is 5.57 Å². The second kappa shape index (κ2) is 11.2. The van der Waals surface area contributed by atoms with Crippen molar-refractivity contribution in [2.45, 2.75) is 68.9 Å². The van der Waals surface area contributed by atoms with Gasteiger partial charge in [0, 0.05) is 17.5 Å². The van der Waals surface area contributed by atoms with Gasteiger partial charge >= 0.3 is 0 Å². The van der Waals surface area contributed by atoms with Crippen LogP contribution < -0.4 is 0 Å². The quantitative estimate of drug-likeness (QED) is 0.282. The van der Waals surface area contributed by atoms with Crippen molar-refractivity contribution in [2.24, 2.45) is 23.7 Å². The van der Waals surface area contributed by atoms with Crippen molar-refractivity contribution >= 4 is 29.0 Å². The van der Waals surface area contributed by atoms with Gasteiger partial charge in [-0.25, -0.2) is 0 Å². The van der Waals surface area contributed by atoms with E-state index in [1.807, 2.05) is 60.7 Å². The van der Waals surface area contributed by atoms with E-state index in [-0.39, 0.29) is 42.5 Å². The third-order valence-electron chi connectivity index (χ3n) is 11.5. The van der Waals surface area contributed by atoms with E-state index in [9.17, 15) is 24.3 Å². The van der Waals surface area contributed by atoms with Gasteiger partial charge in [0.2, 0.25) is 11.8 Å². The van der Waals surface area contributed by atoms with Crippen molar-refractivity contribution in [3.8, 4) is 0 Å². The van der Waals surface area contributed by atoms with E-state index in [0.29, 0.717) is 34.6 Å². The van der Waals surface area contributed by atoms with Gasteiger partial charge in [-0.15, -0.1) is 0 Å². The van der Waals surface area contributed by atoms with Gasteiger partial charge in [0.15, 0.2) is 11.6 Å². The topological polar surface area (TPSA) is 105 Å². The van der Waals surface area contributed by atoms with Crippen LogP contribution in [0.4, 0.5) is 0 Å². The minimum absolute atomic E-state index is 0.0757. The molecule has 1 aliphatic heterocycles. The summed E-state index contributed by atoms with van der Waals surface area (Å²) in [4.78, 5) is 59.7. The molecular weight excluding hydrogens is 578 g/mol. The van der Waals surface area contributed by atoms with E-state index in [1.54, 1.807) is 17.0 Å². The van der Waals surface area contributed by atoms with Crippen LogP contribution in [0.5, 0.6) is 0 Å². The molecule has 7 nitrogen and oxygen atoms in total. The molecule has 1 aromatic heterocycles. The van der Waals surface area contributed by atoms with E-state index >= 15 is 0 Å². The average Bonchev–Trinajstić information content (AvgIpc) is 3.68. The molecule has 7 heteroatoms. The zero-order valence-electron chi connectivity index (χ0n) is 25.6. The molecule has 2 amide bonds. The third kappa shape index (κ3) is 4.13. The SMILES string of the molecule is O=C1C(c2ccccc2)=CC(=O)[C@@]2(c3ccccc3)[C@@H](c3ccc(CO)o3)C3=CC[C@@H]4C(=O)N(C5CCCCC5)C(=O)[C@@H]4[C@@H]3C[C@@H]12. The molecule has 234 valence electrons. The standard InChI is InChI=1S/C39H37NO6/c41-22-26-16-19-32(46-26)35-27-17-18-28-34(38(45)40(37(28)44)25-14-8-3-9-15-25)30(27)20-31-36(43)29(23-10-4-1-5-11-23)21-33(42)39(31,35)24-12-6-2-7-13-24/h1-2,4-7,10-13,16-17,19,21,25,28,30-31,34-35,41H,3,8-9,14-15,18,20,22H2/t28-,30+,31-,34-,35+,39-/m0/s1. The number of hydrogen-bond donors (Lipinski definition) is 1. The zero-order valence-corrected chi connectivity index (χ0v) is 25.6. The lowest BCUT2D eigenvalue weighted by Gasteiger charge is -2.54. The minimum atomic E-state index is -1.33. The summed E-state index contributed by atoms with van der Waals surface area (Å²) >= 11 is 0. The molecule has 46 heavy (non-hydrogen) atoms. The number of likely N-dealkylation sites (tertiary alicyclic amines) is 1. The predicted octanol–water partition coefficient (Wildman–Crippen LogP) is 5.93. The number of imide groups is 1. The number of Topliss-reactive ketones (excluding diaryl/α,β-unsaturated/α-hetero) is 1. The first-order valence-corrected chi connectivity index (χ1v) is 16.6. The summed E-state index contributed by atoms with van der Waals surface area (Å²) in [6.07, 6.45) is 9.03. The highest BCUT2D eigenvalue weighted by Crippen LogP contribution is 2.64. The van der Waals surface area contributed by atoms with Gasteiger partial charge in [-0.3, -0.25) is 24.1 Å². The van der Waals surface area contributed by atoms with Crippen LogP contribution >= 0.6 is 0 Å². The fourth-order valence-electron chi connectivity index (χ4n) is 9.54. The van der Waals surface area contributed by atoms with Crippen molar-refractivity contribution in [1.82, 2.24) is 4.90 Å². The molecule has 0 unspecified atom stereocenters. The van der Waals surface area contributed by atoms with E-state index in [4.69, 9.17) is 4.42 Å². The van der Waals surface area contributed by atoms with Crippen molar-refractivity contribution < 1.29 is 28.7 Å². The summed E-state index contributed by atoms with van der Waals surface area (Å²) in [7, 11) is 0. The van der Waals surface area contributed by atoms with E-state index in [0.717, 1.165) is 37.7 Å². The number of nitrogens with zero attached hydrogens (tertiary/aromatic N) is 1. The Hall–Kier alpha value is -4.36. The smallest absolute Gasteiger partial charge is 0.233 e. The normalized spacial score (nSPS) is 31.2. The number of allylic oxidation sites excluding steroid dienone is 4. The monoisotopic (exact) mass is 615 g/mol. The Bertz CT molecular complexity index is 1780. The average molecular weight is 616 g/mol. The summed E-state index contributed by atoms with van der Waals surface area (Å²) in [6.45, 7) is -0.310. The van der Waals surface area contributed by atoms with Gasteiger partial charge in [0.05, 0.1) is 23.2 Å². The molecule has 0 spiro atoms. The number of rotatable bonds is 5. The molecule has 3 fully saturated rings. The molecule has 0 bridgehead atoms. The Balaban J connectivity index is 1.33. The van der Waals surface area contributed by atoms with Crippen LogP contribution in [0.15, 0.2) is 94.9 Å². The highest BCUT2D eigenvalue weighted by Gasteiger charge is 2.66. The van der Waals surface area contributed by atoms with Crippen LogP contribution in [0.1, 0.15) is 73.5 Å². The summed E-state index contributed by atoms with van der Waals surface area (Å²) in [5.41, 5.74) is 1.31. The number of hydrogen-bond acceptors (Lipinski definition) is 6. The number of furan rings is 1. The van der Waals surface area contributed by atoms with Crippen molar-refractivity contribution in [3.63, 3.8) is 0 Å². The fraction of sp³-hybridized carbons (Fsp3) is 0.385. The summed E-state index contributed by atoms with van der Waals surface area (Å²) in [5.74, 6) is -2.70. The number of aliphatic hydroxyl groups is 1. The first kappa shape index (κ1) is 29.1. The summed E-state index contributed by atoms with van der Waals surface area (Å²) < 4.78 is 6.25. The zero-order chi connectivity index (χ0) is 31.6. The maximum absolute atomic E-state index is 14.9. The summed E-state index contributed by atoms with van der Waals surface area (Å²) in [5, 5.41) is 9.96. The van der Waals surface area contributed by atoms with Crippen LogP contribution in [0, 0.1) is 23.7 Å². The van der Waals surface area contributed by atoms with Gasteiger partial charge in [0.1, 0.15) is 18.1 Å². The first-order valence-electron chi connectivity index (χ1n) is 16.6. The fourth-order valence-corrected chi connectivity index (χ4v) is 9.54. The van der Waals surface area contributed by atoms with Gasteiger partial charge in [0.25, 0.3) is 0 Å². The Morgan fingerprint density at radius 2 is 1.54 bits per heavy atom. The van der Waals surface area contributed by atoms with Crippen molar-refractivity contribution in [3.05, 3.63) is 113 Å². The Morgan fingerprint density at radius 3 is 2.24 bits per heavy atom. The highest BCUT2D eigenvalue weighted by atomic mass is 16.4. The van der Waals surface area contributed by atoms with Crippen molar-refractivity contribution in [2.75, 3.05) is 0 Å². The lowest BCUT2D eigenvalue weighted by molar-refractivity contribution is -0.144. The maximum atomic E-state index is 14.9. The van der Waals surface area contributed by atoms with Crippen LogP contribution in [0.2, 0.25) is 0 Å². The molecule has 5 aliphatic rings. The van der Waals surface area contributed by atoms with Gasteiger partial charge < -0.3 is 9.52 Å². The molecule has 2 aromatic carbocycles. The minimum Gasteiger partial charge on any atom is -0.463 e.